The fourth-order valence-corrected chi connectivity index (χ4v) is 2.34. The van der Waals surface area contributed by atoms with Gasteiger partial charge in [0.15, 0.2) is 0 Å². The maximum atomic E-state index is 11.9. The van der Waals surface area contributed by atoms with E-state index >= 15 is 0 Å². The highest BCUT2D eigenvalue weighted by Gasteiger charge is 2.22. The van der Waals surface area contributed by atoms with Gasteiger partial charge in [0.2, 0.25) is 0 Å². The summed E-state index contributed by atoms with van der Waals surface area (Å²) in [5.41, 5.74) is 0.845. The third-order valence-electron chi connectivity index (χ3n) is 2.46. The molecule has 0 unspecified atom stereocenters. The number of sulfonamides is 1. The molecule has 0 aliphatic heterocycles. The van der Waals surface area contributed by atoms with E-state index in [9.17, 15) is 22.8 Å². The molecule has 0 saturated heterocycles. The Morgan fingerprint density at radius 2 is 1.68 bits per heavy atom. The Hall–Kier alpha value is -2.42. The van der Waals surface area contributed by atoms with Crippen molar-refractivity contribution in [1.29, 1.82) is 0 Å². The van der Waals surface area contributed by atoms with Crippen LogP contribution in [-0.2, 0) is 29.1 Å². The second-order valence-electron chi connectivity index (χ2n) is 4.24. The van der Waals surface area contributed by atoms with Gasteiger partial charge in [0, 0.05) is 0 Å². The smallest absolute Gasteiger partial charge is 0.325 e. The van der Waals surface area contributed by atoms with Gasteiger partial charge in [0.25, 0.3) is 10.0 Å². The second-order valence-corrected chi connectivity index (χ2v) is 5.92. The van der Waals surface area contributed by atoms with E-state index in [-0.39, 0.29) is 11.5 Å². The van der Waals surface area contributed by atoms with Crippen LogP contribution < -0.4 is 10.0 Å². The topological polar surface area (TPSA) is 119 Å². The standard InChI is InChI=1S/C13H16N2O6S/c1-3-21-11(16)8-14-12(17)13(18)15-22(19,20)10-6-4-9(2)5-7-10/h4-7H,3,8H2,1-2H3,(H,14,17)(H,15,18). The van der Waals surface area contributed by atoms with Crippen molar-refractivity contribution in [3.05, 3.63) is 29.8 Å². The molecule has 0 spiro atoms. The van der Waals surface area contributed by atoms with Crippen LogP contribution >= 0.6 is 0 Å². The molecule has 0 saturated carbocycles. The molecule has 120 valence electrons. The summed E-state index contributed by atoms with van der Waals surface area (Å²) >= 11 is 0. The minimum Gasteiger partial charge on any atom is -0.465 e. The summed E-state index contributed by atoms with van der Waals surface area (Å²) in [6.45, 7) is 2.96. The molecule has 0 aliphatic carbocycles. The molecular weight excluding hydrogens is 312 g/mol. The summed E-state index contributed by atoms with van der Waals surface area (Å²) in [7, 11) is -4.15. The lowest BCUT2D eigenvalue weighted by Gasteiger charge is -2.07. The minimum absolute atomic E-state index is 0.128. The van der Waals surface area contributed by atoms with E-state index in [1.165, 1.54) is 12.1 Å². The van der Waals surface area contributed by atoms with Gasteiger partial charge in [0.05, 0.1) is 11.5 Å². The fourth-order valence-electron chi connectivity index (χ4n) is 1.39. The lowest BCUT2D eigenvalue weighted by atomic mass is 10.2. The van der Waals surface area contributed by atoms with Gasteiger partial charge in [-0.05, 0) is 26.0 Å². The first kappa shape index (κ1) is 17.6. The summed E-state index contributed by atoms with van der Waals surface area (Å²) < 4.78 is 30.0. The molecule has 0 atom stereocenters. The van der Waals surface area contributed by atoms with Crippen molar-refractivity contribution in [1.82, 2.24) is 10.0 Å². The number of carbonyl (C=O) groups is 3. The van der Waals surface area contributed by atoms with Crippen LogP contribution in [0.2, 0.25) is 0 Å². The van der Waals surface area contributed by atoms with E-state index in [0.29, 0.717) is 0 Å². The number of esters is 1. The number of nitrogens with one attached hydrogen (secondary N) is 2. The number of hydrogen-bond donors (Lipinski definition) is 2. The van der Waals surface area contributed by atoms with Crippen molar-refractivity contribution in [2.45, 2.75) is 18.7 Å². The maximum Gasteiger partial charge on any atom is 0.325 e. The fraction of sp³-hybridized carbons (Fsp3) is 0.308. The monoisotopic (exact) mass is 328 g/mol. The van der Waals surface area contributed by atoms with Crippen molar-refractivity contribution in [2.24, 2.45) is 0 Å². The Kier molecular flexibility index (Phi) is 6.05. The zero-order chi connectivity index (χ0) is 16.8. The number of amides is 2. The molecule has 1 aromatic rings. The third kappa shape index (κ3) is 5.17. The first-order chi connectivity index (χ1) is 10.3. The second kappa shape index (κ2) is 7.55. The highest BCUT2D eigenvalue weighted by molar-refractivity contribution is 7.90. The predicted molar refractivity (Wildman–Crippen MR) is 76.2 cm³/mol. The Morgan fingerprint density at radius 3 is 2.23 bits per heavy atom. The van der Waals surface area contributed by atoms with Gasteiger partial charge in [-0.2, -0.15) is 0 Å². The van der Waals surface area contributed by atoms with Crippen LogP contribution in [0, 0.1) is 6.92 Å². The summed E-state index contributed by atoms with van der Waals surface area (Å²) in [5, 5.41) is 1.96. The maximum absolute atomic E-state index is 11.9. The molecule has 1 aromatic carbocycles. The van der Waals surface area contributed by atoms with Gasteiger partial charge in [-0.3, -0.25) is 14.4 Å². The Labute approximate surface area is 127 Å². The lowest BCUT2D eigenvalue weighted by Crippen LogP contribution is -2.44. The number of benzene rings is 1. The molecule has 1 rings (SSSR count). The quantitative estimate of drug-likeness (QED) is 0.554. The van der Waals surface area contributed by atoms with Gasteiger partial charge in [-0.1, -0.05) is 17.7 Å². The molecule has 0 fully saturated rings. The number of carbonyl (C=O) groups excluding carboxylic acids is 3. The van der Waals surface area contributed by atoms with E-state index in [2.05, 4.69) is 4.74 Å². The normalized spacial score (nSPS) is 10.6. The van der Waals surface area contributed by atoms with E-state index in [4.69, 9.17) is 0 Å². The van der Waals surface area contributed by atoms with Gasteiger partial charge < -0.3 is 10.1 Å². The van der Waals surface area contributed by atoms with Crippen molar-refractivity contribution in [3.8, 4) is 0 Å². The van der Waals surface area contributed by atoms with Crippen molar-refractivity contribution >= 4 is 27.8 Å². The van der Waals surface area contributed by atoms with Crippen molar-refractivity contribution in [2.75, 3.05) is 13.2 Å². The van der Waals surface area contributed by atoms with E-state index in [0.717, 1.165) is 5.56 Å². The summed E-state index contributed by atoms with van der Waals surface area (Å²) in [5.74, 6) is -3.36. The molecule has 0 aromatic heterocycles. The van der Waals surface area contributed by atoms with Crippen LogP contribution in [0.5, 0.6) is 0 Å². The van der Waals surface area contributed by atoms with Crippen LogP contribution in [0.25, 0.3) is 0 Å². The largest absolute Gasteiger partial charge is 0.465 e. The van der Waals surface area contributed by atoms with E-state index < -0.39 is 34.4 Å². The minimum atomic E-state index is -4.15. The third-order valence-corrected chi connectivity index (χ3v) is 3.81. The van der Waals surface area contributed by atoms with Gasteiger partial charge >= 0.3 is 17.8 Å². The highest BCUT2D eigenvalue weighted by Crippen LogP contribution is 2.09. The van der Waals surface area contributed by atoms with E-state index in [1.54, 1.807) is 30.7 Å². The summed E-state index contributed by atoms with van der Waals surface area (Å²) in [6, 6.07) is 5.72. The van der Waals surface area contributed by atoms with Crippen LogP contribution in [0.3, 0.4) is 0 Å². The zero-order valence-electron chi connectivity index (χ0n) is 12.1. The zero-order valence-corrected chi connectivity index (χ0v) is 12.9. The first-order valence-corrected chi connectivity index (χ1v) is 7.82. The molecule has 22 heavy (non-hydrogen) atoms. The number of hydrogen-bond acceptors (Lipinski definition) is 6. The molecule has 0 heterocycles. The van der Waals surface area contributed by atoms with Crippen LogP contribution in [0.15, 0.2) is 29.2 Å². The number of rotatable bonds is 5. The van der Waals surface area contributed by atoms with Crippen molar-refractivity contribution < 1.29 is 27.5 Å². The molecule has 2 amide bonds. The molecule has 2 N–H and O–H groups in total. The van der Waals surface area contributed by atoms with Crippen LogP contribution in [0.4, 0.5) is 0 Å². The van der Waals surface area contributed by atoms with Crippen LogP contribution in [0.1, 0.15) is 12.5 Å². The molecule has 0 radical (unpaired) electrons. The molecule has 0 bridgehead atoms. The lowest BCUT2D eigenvalue weighted by molar-refractivity contribution is -0.144. The summed E-state index contributed by atoms with van der Waals surface area (Å²) in [4.78, 5) is 33.8. The molecule has 9 heteroatoms. The molecule has 0 aliphatic rings. The predicted octanol–water partition coefficient (Wildman–Crippen LogP) is -0.521. The Morgan fingerprint density at radius 1 is 1.09 bits per heavy atom. The van der Waals surface area contributed by atoms with Crippen molar-refractivity contribution in [3.63, 3.8) is 0 Å². The van der Waals surface area contributed by atoms with Gasteiger partial charge in [-0.25, -0.2) is 13.1 Å². The average molecular weight is 328 g/mol. The Balaban J connectivity index is 2.65. The van der Waals surface area contributed by atoms with E-state index in [1.807, 2.05) is 5.32 Å². The first-order valence-electron chi connectivity index (χ1n) is 6.33. The Bertz CT molecular complexity index is 666. The highest BCUT2D eigenvalue weighted by atomic mass is 32.2. The summed E-state index contributed by atoms with van der Waals surface area (Å²) in [6.07, 6.45) is 0. The average Bonchev–Trinajstić information content (AvgIpc) is 2.45. The van der Waals surface area contributed by atoms with Gasteiger partial charge in [-0.15, -0.1) is 0 Å². The number of ether oxygens (including phenoxy) is 1. The SMILES string of the molecule is CCOC(=O)CNC(=O)C(=O)NS(=O)(=O)c1ccc(C)cc1. The van der Waals surface area contributed by atoms with Gasteiger partial charge in [0.1, 0.15) is 6.54 Å². The molecular formula is C13H16N2O6S. The van der Waals surface area contributed by atoms with Crippen LogP contribution in [-0.4, -0.2) is 39.4 Å². The molecule has 8 nitrogen and oxygen atoms in total. The number of aryl methyl sites for hydroxylation is 1.